The predicted molar refractivity (Wildman–Crippen MR) is 100 cm³/mol. The Bertz CT molecular complexity index is 829. The highest BCUT2D eigenvalue weighted by atomic mass is 79.9. The van der Waals surface area contributed by atoms with Crippen LogP contribution in [-0.4, -0.2) is 22.9 Å². The smallest absolute Gasteiger partial charge is 0.169 e. The van der Waals surface area contributed by atoms with Crippen LogP contribution < -0.4 is 11.1 Å². The number of carbonyl (C=O) groups is 1. The molecule has 3 N–H and O–H groups in total. The molecule has 0 unspecified atom stereocenters. The van der Waals surface area contributed by atoms with Crippen molar-refractivity contribution in [1.82, 2.24) is 4.98 Å². The van der Waals surface area contributed by atoms with Crippen LogP contribution in [0.2, 0.25) is 0 Å². The van der Waals surface area contributed by atoms with E-state index in [1.807, 2.05) is 0 Å². The molecule has 0 spiro atoms. The Balaban J connectivity index is 1.77. The first-order valence-electron chi connectivity index (χ1n) is 8.87. The second kappa shape index (κ2) is 6.65. The lowest BCUT2D eigenvalue weighted by atomic mass is 9.91. The Morgan fingerprint density at radius 3 is 2.60 bits per heavy atom. The first kappa shape index (κ1) is 16.9. The molecule has 0 atom stereocenters. The first-order valence-corrected chi connectivity index (χ1v) is 9.66. The second-order valence-corrected chi connectivity index (χ2v) is 8.08. The number of nitrogens with two attached hydrogens (primary N) is 1. The van der Waals surface area contributed by atoms with Gasteiger partial charge in [-0.2, -0.15) is 0 Å². The van der Waals surface area contributed by atoms with Crippen LogP contribution in [0.5, 0.6) is 0 Å². The molecule has 2 fully saturated rings. The van der Waals surface area contributed by atoms with Crippen molar-refractivity contribution < 1.29 is 9.18 Å². The summed E-state index contributed by atoms with van der Waals surface area (Å²) in [6.45, 7) is 0. The molecule has 2 aliphatic rings. The number of nitrogens with zero attached hydrogens (tertiary/aromatic N) is 1. The van der Waals surface area contributed by atoms with E-state index in [1.165, 1.54) is 6.07 Å². The monoisotopic (exact) mass is 405 g/mol. The number of aromatic nitrogens is 1. The third-order valence-electron chi connectivity index (χ3n) is 5.24. The van der Waals surface area contributed by atoms with Crippen LogP contribution >= 0.6 is 15.9 Å². The summed E-state index contributed by atoms with van der Waals surface area (Å²) < 4.78 is 14.3. The summed E-state index contributed by atoms with van der Waals surface area (Å²) in [4.78, 5) is 17.1. The van der Waals surface area contributed by atoms with E-state index in [0.717, 1.165) is 49.6 Å². The van der Waals surface area contributed by atoms with E-state index in [2.05, 4.69) is 26.2 Å². The van der Waals surface area contributed by atoms with Gasteiger partial charge in [-0.1, -0.05) is 0 Å². The fourth-order valence-corrected chi connectivity index (χ4v) is 3.91. The van der Waals surface area contributed by atoms with E-state index in [9.17, 15) is 9.18 Å². The molecule has 2 saturated carbocycles. The molecule has 0 radical (unpaired) electrons. The van der Waals surface area contributed by atoms with Gasteiger partial charge in [-0.15, -0.1) is 0 Å². The number of pyridine rings is 1. The molecular weight excluding hydrogens is 385 g/mol. The van der Waals surface area contributed by atoms with Gasteiger partial charge < -0.3 is 11.1 Å². The SMILES string of the molecule is NC1CCC(Nc2c(C(=O)C3CC3)cnc3cc(F)c(Br)cc23)CC1. The van der Waals surface area contributed by atoms with E-state index in [1.54, 1.807) is 12.3 Å². The van der Waals surface area contributed by atoms with Crippen LogP contribution in [0.3, 0.4) is 0 Å². The molecule has 132 valence electrons. The lowest BCUT2D eigenvalue weighted by Crippen LogP contribution is -2.33. The highest BCUT2D eigenvalue weighted by Crippen LogP contribution is 2.38. The van der Waals surface area contributed by atoms with Crippen LogP contribution in [0.25, 0.3) is 10.9 Å². The maximum atomic E-state index is 13.9. The Kier molecular flexibility index (Phi) is 4.50. The fraction of sp³-hybridized carbons (Fsp3) is 0.474. The van der Waals surface area contributed by atoms with Gasteiger partial charge in [0.1, 0.15) is 5.82 Å². The minimum atomic E-state index is -0.351. The molecule has 1 aromatic heterocycles. The normalized spacial score (nSPS) is 23.6. The van der Waals surface area contributed by atoms with Gasteiger partial charge in [0.05, 0.1) is 21.2 Å². The van der Waals surface area contributed by atoms with Gasteiger partial charge in [-0.3, -0.25) is 9.78 Å². The van der Waals surface area contributed by atoms with E-state index < -0.39 is 0 Å². The Labute approximate surface area is 154 Å². The number of Topliss-reactive ketones (excluding diaryl/α,β-unsaturated/α-hetero) is 1. The zero-order chi connectivity index (χ0) is 17.6. The minimum Gasteiger partial charge on any atom is -0.381 e. The summed E-state index contributed by atoms with van der Waals surface area (Å²) in [6, 6.07) is 3.67. The number of fused-ring (bicyclic) bond motifs is 1. The minimum absolute atomic E-state index is 0.114. The Hall–Kier alpha value is -1.53. The maximum absolute atomic E-state index is 13.9. The summed E-state index contributed by atoms with van der Waals surface area (Å²) in [5, 5.41) is 4.35. The van der Waals surface area contributed by atoms with Crippen molar-refractivity contribution in [2.24, 2.45) is 11.7 Å². The van der Waals surface area contributed by atoms with Gasteiger partial charge >= 0.3 is 0 Å². The molecule has 0 saturated heterocycles. The molecule has 0 amide bonds. The van der Waals surface area contributed by atoms with Crippen LogP contribution in [0.1, 0.15) is 48.9 Å². The lowest BCUT2D eigenvalue weighted by Gasteiger charge is -2.29. The highest BCUT2D eigenvalue weighted by Gasteiger charge is 2.33. The topological polar surface area (TPSA) is 68.0 Å². The Morgan fingerprint density at radius 2 is 1.92 bits per heavy atom. The maximum Gasteiger partial charge on any atom is 0.169 e. The summed E-state index contributed by atoms with van der Waals surface area (Å²) in [5.41, 5.74) is 7.98. The number of halogens is 2. The molecule has 0 bridgehead atoms. The average Bonchev–Trinajstić information content (AvgIpc) is 3.43. The van der Waals surface area contributed by atoms with Crippen molar-refractivity contribution >= 4 is 38.3 Å². The summed E-state index contributed by atoms with van der Waals surface area (Å²) in [5.74, 6) is -0.0933. The number of rotatable bonds is 4. The van der Waals surface area contributed by atoms with Crippen molar-refractivity contribution in [2.45, 2.75) is 50.6 Å². The quantitative estimate of drug-likeness (QED) is 0.739. The number of ketones is 1. The summed E-state index contributed by atoms with van der Waals surface area (Å²) >= 11 is 3.25. The predicted octanol–water partition coefficient (Wildman–Crippen LogP) is 4.41. The molecule has 25 heavy (non-hydrogen) atoms. The summed E-state index contributed by atoms with van der Waals surface area (Å²) in [6.07, 6.45) is 7.40. The number of hydrogen-bond donors (Lipinski definition) is 2. The van der Waals surface area contributed by atoms with E-state index in [0.29, 0.717) is 15.6 Å². The molecule has 1 heterocycles. The molecular formula is C19H21BrFN3O. The number of anilines is 1. The molecule has 2 aliphatic carbocycles. The summed E-state index contributed by atoms with van der Waals surface area (Å²) in [7, 11) is 0. The molecule has 4 nitrogen and oxygen atoms in total. The van der Waals surface area contributed by atoms with Gasteiger partial charge in [0, 0.05) is 35.7 Å². The standard InChI is InChI=1S/C19H21BrFN3O/c20-15-7-13-17(8-16(15)21)23-9-14(19(25)10-1-2-10)18(13)24-12-5-3-11(22)4-6-12/h7-12H,1-6,22H2,(H,23,24). The van der Waals surface area contributed by atoms with Gasteiger partial charge in [-0.25, -0.2) is 4.39 Å². The number of benzene rings is 1. The van der Waals surface area contributed by atoms with Crippen molar-refractivity contribution in [3.63, 3.8) is 0 Å². The van der Waals surface area contributed by atoms with Crippen LogP contribution in [0.15, 0.2) is 22.8 Å². The molecule has 4 rings (SSSR count). The van der Waals surface area contributed by atoms with Crippen molar-refractivity contribution in [3.05, 3.63) is 34.2 Å². The zero-order valence-electron chi connectivity index (χ0n) is 13.9. The fourth-order valence-electron chi connectivity index (χ4n) is 3.56. The van der Waals surface area contributed by atoms with E-state index in [-0.39, 0.29) is 29.6 Å². The second-order valence-electron chi connectivity index (χ2n) is 7.22. The number of hydrogen-bond acceptors (Lipinski definition) is 4. The molecule has 0 aliphatic heterocycles. The number of carbonyl (C=O) groups excluding carboxylic acids is 1. The van der Waals surface area contributed by atoms with E-state index in [4.69, 9.17) is 5.73 Å². The van der Waals surface area contributed by atoms with Crippen molar-refractivity contribution in [3.8, 4) is 0 Å². The van der Waals surface area contributed by atoms with Gasteiger partial charge in [-0.05, 0) is 60.5 Å². The molecule has 1 aromatic carbocycles. The van der Waals surface area contributed by atoms with Gasteiger partial charge in [0.15, 0.2) is 5.78 Å². The highest BCUT2D eigenvalue weighted by molar-refractivity contribution is 9.10. The zero-order valence-corrected chi connectivity index (χ0v) is 15.5. The van der Waals surface area contributed by atoms with Gasteiger partial charge in [0.25, 0.3) is 0 Å². The van der Waals surface area contributed by atoms with Crippen LogP contribution in [-0.2, 0) is 0 Å². The number of nitrogens with one attached hydrogen (secondary N) is 1. The van der Waals surface area contributed by atoms with Crippen molar-refractivity contribution in [1.29, 1.82) is 0 Å². The average molecular weight is 406 g/mol. The van der Waals surface area contributed by atoms with Crippen molar-refractivity contribution in [2.75, 3.05) is 5.32 Å². The molecule has 6 heteroatoms. The Morgan fingerprint density at radius 1 is 1.20 bits per heavy atom. The first-order chi connectivity index (χ1) is 12.0. The lowest BCUT2D eigenvalue weighted by molar-refractivity contribution is 0.0968. The molecule has 2 aromatic rings. The third kappa shape index (κ3) is 3.42. The van der Waals surface area contributed by atoms with Crippen LogP contribution in [0, 0.1) is 11.7 Å². The van der Waals surface area contributed by atoms with Gasteiger partial charge in [0.2, 0.25) is 0 Å². The van der Waals surface area contributed by atoms with Crippen LogP contribution in [0.4, 0.5) is 10.1 Å². The third-order valence-corrected chi connectivity index (χ3v) is 5.85. The van der Waals surface area contributed by atoms with E-state index >= 15 is 0 Å². The largest absolute Gasteiger partial charge is 0.381 e.